The molecule has 0 atom stereocenters. The van der Waals surface area contributed by atoms with Crippen LogP contribution >= 0.6 is 0 Å². The predicted molar refractivity (Wildman–Crippen MR) is 78.8 cm³/mol. The number of benzene rings is 2. The number of phenols is 1. The van der Waals surface area contributed by atoms with Crippen molar-refractivity contribution in [3.05, 3.63) is 65.7 Å². The molecule has 20 heavy (non-hydrogen) atoms. The van der Waals surface area contributed by atoms with E-state index >= 15 is 0 Å². The van der Waals surface area contributed by atoms with Gasteiger partial charge in [0, 0.05) is 0 Å². The molecule has 2 rings (SSSR count). The normalized spacial score (nSPS) is 11.2. The van der Waals surface area contributed by atoms with Gasteiger partial charge in [-0.1, -0.05) is 49.4 Å². The summed E-state index contributed by atoms with van der Waals surface area (Å²) in [7, 11) is 0. The maximum atomic E-state index is 11.9. The topological polar surface area (TPSA) is 61.7 Å². The average Bonchev–Trinajstić information content (AvgIpc) is 2.49. The van der Waals surface area contributed by atoms with Gasteiger partial charge in [-0.15, -0.1) is 0 Å². The zero-order valence-electron chi connectivity index (χ0n) is 11.2. The van der Waals surface area contributed by atoms with Crippen molar-refractivity contribution in [1.82, 2.24) is 5.43 Å². The summed E-state index contributed by atoms with van der Waals surface area (Å²) in [6.45, 7) is 1.97. The van der Waals surface area contributed by atoms with Crippen LogP contribution in [0.1, 0.15) is 29.3 Å². The quantitative estimate of drug-likeness (QED) is 0.661. The summed E-state index contributed by atoms with van der Waals surface area (Å²) in [4.78, 5) is 11.9. The number of aromatic hydroxyl groups is 1. The molecular formula is C16H16N2O2. The molecule has 0 heterocycles. The largest absolute Gasteiger partial charge is 0.507 e. The highest BCUT2D eigenvalue weighted by molar-refractivity contribution is 6.02. The van der Waals surface area contributed by atoms with Gasteiger partial charge in [-0.05, 0) is 24.1 Å². The summed E-state index contributed by atoms with van der Waals surface area (Å²) in [5.41, 5.74) is 4.44. The molecule has 1 amide bonds. The fourth-order valence-corrected chi connectivity index (χ4v) is 1.82. The van der Waals surface area contributed by atoms with Crippen molar-refractivity contribution in [1.29, 1.82) is 0 Å². The highest BCUT2D eigenvalue weighted by Crippen LogP contribution is 2.15. The molecule has 4 heteroatoms. The zero-order valence-corrected chi connectivity index (χ0v) is 11.2. The van der Waals surface area contributed by atoms with Crippen molar-refractivity contribution in [2.45, 2.75) is 13.3 Å². The van der Waals surface area contributed by atoms with Gasteiger partial charge < -0.3 is 5.11 Å². The second kappa shape index (κ2) is 6.52. The van der Waals surface area contributed by atoms with E-state index in [-0.39, 0.29) is 11.3 Å². The molecule has 102 valence electrons. The van der Waals surface area contributed by atoms with E-state index in [4.69, 9.17) is 0 Å². The first kappa shape index (κ1) is 13.8. The van der Waals surface area contributed by atoms with Crippen molar-refractivity contribution in [2.24, 2.45) is 5.10 Å². The van der Waals surface area contributed by atoms with Gasteiger partial charge in [0.2, 0.25) is 0 Å². The Morgan fingerprint density at radius 2 is 1.75 bits per heavy atom. The molecule has 0 saturated heterocycles. The van der Waals surface area contributed by atoms with Crippen LogP contribution in [0.25, 0.3) is 0 Å². The minimum atomic E-state index is -0.426. The number of rotatable bonds is 4. The van der Waals surface area contributed by atoms with E-state index in [1.165, 1.54) is 6.07 Å². The second-order valence-electron chi connectivity index (χ2n) is 4.24. The van der Waals surface area contributed by atoms with Gasteiger partial charge in [0.25, 0.3) is 5.91 Å². The van der Waals surface area contributed by atoms with Crippen molar-refractivity contribution in [2.75, 3.05) is 0 Å². The van der Waals surface area contributed by atoms with Gasteiger partial charge in [0.1, 0.15) is 5.75 Å². The summed E-state index contributed by atoms with van der Waals surface area (Å²) < 4.78 is 0. The molecule has 0 fully saturated rings. The molecule has 2 aromatic rings. The molecule has 0 aliphatic rings. The van der Waals surface area contributed by atoms with E-state index in [0.29, 0.717) is 6.42 Å². The monoisotopic (exact) mass is 268 g/mol. The molecule has 0 aromatic heterocycles. The summed E-state index contributed by atoms with van der Waals surface area (Å²) in [5.74, 6) is -0.483. The third kappa shape index (κ3) is 3.23. The Morgan fingerprint density at radius 3 is 2.40 bits per heavy atom. The number of hydrogen-bond acceptors (Lipinski definition) is 3. The van der Waals surface area contributed by atoms with Gasteiger partial charge in [0.15, 0.2) is 0 Å². The number of para-hydroxylation sites is 1. The van der Waals surface area contributed by atoms with Crippen molar-refractivity contribution >= 4 is 11.6 Å². The summed E-state index contributed by atoms with van der Waals surface area (Å²) in [6, 6.07) is 16.0. The molecule has 0 aliphatic carbocycles. The van der Waals surface area contributed by atoms with Gasteiger partial charge >= 0.3 is 0 Å². The van der Waals surface area contributed by atoms with Crippen LogP contribution in [-0.2, 0) is 0 Å². The minimum absolute atomic E-state index is 0.0574. The highest BCUT2D eigenvalue weighted by atomic mass is 16.3. The third-order valence-electron chi connectivity index (χ3n) is 2.88. The van der Waals surface area contributed by atoms with E-state index in [1.807, 2.05) is 37.3 Å². The number of carbonyl (C=O) groups excluding carboxylic acids is 1. The maximum absolute atomic E-state index is 11.9. The fraction of sp³-hybridized carbons (Fsp3) is 0.125. The summed E-state index contributed by atoms with van der Waals surface area (Å²) in [5, 5.41) is 13.7. The average molecular weight is 268 g/mol. The van der Waals surface area contributed by atoms with Crippen molar-refractivity contribution < 1.29 is 9.90 Å². The zero-order chi connectivity index (χ0) is 14.4. The van der Waals surface area contributed by atoms with E-state index in [1.54, 1.807) is 18.2 Å². The molecule has 0 saturated carbocycles. The van der Waals surface area contributed by atoms with E-state index in [2.05, 4.69) is 10.5 Å². The SMILES string of the molecule is CC/C(=N\NC(=O)c1ccccc1O)c1ccccc1. The van der Waals surface area contributed by atoms with Gasteiger partial charge in [0.05, 0.1) is 11.3 Å². The lowest BCUT2D eigenvalue weighted by Gasteiger charge is -2.06. The van der Waals surface area contributed by atoms with Crippen LogP contribution in [0.5, 0.6) is 5.75 Å². The Bertz CT molecular complexity index is 621. The lowest BCUT2D eigenvalue weighted by atomic mass is 10.1. The minimum Gasteiger partial charge on any atom is -0.507 e. The lowest BCUT2D eigenvalue weighted by Crippen LogP contribution is -2.20. The molecular weight excluding hydrogens is 252 g/mol. The standard InChI is InChI=1S/C16H16N2O2/c1-2-14(12-8-4-3-5-9-12)17-18-16(20)13-10-6-7-11-15(13)19/h3-11,19H,2H2,1H3,(H,18,20)/b17-14+. The van der Waals surface area contributed by atoms with Crippen LogP contribution in [0.4, 0.5) is 0 Å². The van der Waals surface area contributed by atoms with Gasteiger partial charge in [-0.3, -0.25) is 4.79 Å². The number of nitrogens with zero attached hydrogens (tertiary/aromatic N) is 1. The van der Waals surface area contributed by atoms with Crippen LogP contribution in [-0.4, -0.2) is 16.7 Å². The Kier molecular flexibility index (Phi) is 4.50. The fourth-order valence-electron chi connectivity index (χ4n) is 1.82. The Morgan fingerprint density at radius 1 is 1.10 bits per heavy atom. The van der Waals surface area contributed by atoms with Crippen LogP contribution in [0.2, 0.25) is 0 Å². The molecule has 0 aliphatic heterocycles. The van der Waals surface area contributed by atoms with Crippen molar-refractivity contribution in [3.63, 3.8) is 0 Å². The van der Waals surface area contributed by atoms with Crippen molar-refractivity contribution in [3.8, 4) is 5.75 Å². The number of phenolic OH excluding ortho intramolecular Hbond substituents is 1. The number of hydrazone groups is 1. The molecule has 4 nitrogen and oxygen atoms in total. The van der Waals surface area contributed by atoms with Crippen LogP contribution in [0.3, 0.4) is 0 Å². The maximum Gasteiger partial charge on any atom is 0.275 e. The molecule has 0 spiro atoms. The molecule has 2 aromatic carbocycles. The Balaban J connectivity index is 2.16. The summed E-state index contributed by atoms with van der Waals surface area (Å²) >= 11 is 0. The van der Waals surface area contributed by atoms with E-state index in [0.717, 1.165) is 11.3 Å². The lowest BCUT2D eigenvalue weighted by molar-refractivity contribution is 0.0952. The Hall–Kier alpha value is -2.62. The highest BCUT2D eigenvalue weighted by Gasteiger charge is 2.09. The first-order valence-electron chi connectivity index (χ1n) is 6.42. The van der Waals surface area contributed by atoms with Crippen LogP contribution in [0.15, 0.2) is 59.7 Å². The summed E-state index contributed by atoms with van der Waals surface area (Å²) in [6.07, 6.45) is 0.699. The first-order chi connectivity index (χ1) is 9.72. The smallest absolute Gasteiger partial charge is 0.275 e. The first-order valence-corrected chi connectivity index (χ1v) is 6.42. The number of amides is 1. The predicted octanol–water partition coefficient (Wildman–Crippen LogP) is 2.94. The Labute approximate surface area is 117 Å². The molecule has 2 N–H and O–H groups in total. The number of carbonyl (C=O) groups is 1. The van der Waals surface area contributed by atoms with Gasteiger partial charge in [-0.2, -0.15) is 5.10 Å². The van der Waals surface area contributed by atoms with Crippen LogP contribution < -0.4 is 5.43 Å². The number of nitrogens with one attached hydrogen (secondary N) is 1. The van der Waals surface area contributed by atoms with E-state index in [9.17, 15) is 9.90 Å². The number of hydrogen-bond donors (Lipinski definition) is 2. The molecule has 0 radical (unpaired) electrons. The van der Waals surface area contributed by atoms with E-state index < -0.39 is 5.91 Å². The third-order valence-corrected chi connectivity index (χ3v) is 2.88. The van der Waals surface area contributed by atoms with Gasteiger partial charge in [-0.25, -0.2) is 5.43 Å². The van der Waals surface area contributed by atoms with Crippen LogP contribution in [0, 0.1) is 0 Å². The molecule has 0 bridgehead atoms. The molecule has 0 unspecified atom stereocenters. The second-order valence-corrected chi connectivity index (χ2v) is 4.24.